The molecule has 0 radical (unpaired) electrons. The Morgan fingerprint density at radius 2 is 2.25 bits per heavy atom. The second-order valence-electron chi connectivity index (χ2n) is 7.05. The van der Waals surface area contributed by atoms with Gasteiger partial charge in [0.2, 0.25) is 0 Å². The number of hydrogen-bond acceptors (Lipinski definition) is 8. The molecule has 0 saturated carbocycles. The van der Waals surface area contributed by atoms with Crippen LogP contribution >= 0.6 is 23.5 Å². The predicted octanol–water partition coefficient (Wildman–Crippen LogP) is 2.47. The van der Waals surface area contributed by atoms with Gasteiger partial charge in [-0.15, -0.1) is 0 Å². The van der Waals surface area contributed by atoms with Crippen LogP contribution in [0.25, 0.3) is 0 Å². The van der Waals surface area contributed by atoms with Crippen LogP contribution in [0.1, 0.15) is 31.7 Å². The fourth-order valence-corrected chi connectivity index (χ4v) is 4.49. The molecule has 3 rings (SSSR count). The first kappa shape index (κ1) is 21.2. The van der Waals surface area contributed by atoms with E-state index >= 15 is 0 Å². The first-order valence-electron chi connectivity index (χ1n) is 9.56. The summed E-state index contributed by atoms with van der Waals surface area (Å²) in [5.74, 6) is 0.433. The SMILES string of the molecule is N=C/C(=C\N)SN1CCC(n2ncc(NCC3CCCOC3)c(Cl)c2=O)CC1. The second-order valence-corrected chi connectivity index (χ2v) is 8.60. The van der Waals surface area contributed by atoms with Gasteiger partial charge in [-0.05, 0) is 43.5 Å². The maximum absolute atomic E-state index is 12.7. The fraction of sp³-hybridized carbons (Fsp3) is 0.611. The number of nitrogens with two attached hydrogens (primary N) is 1. The third kappa shape index (κ3) is 5.28. The smallest absolute Gasteiger partial charge is 0.287 e. The minimum Gasteiger partial charge on any atom is -0.404 e. The number of anilines is 1. The lowest BCUT2D eigenvalue weighted by Crippen LogP contribution is -2.36. The van der Waals surface area contributed by atoms with Gasteiger partial charge in [0.1, 0.15) is 5.02 Å². The number of aromatic nitrogens is 2. The van der Waals surface area contributed by atoms with Crippen molar-refractivity contribution in [2.24, 2.45) is 11.7 Å². The molecule has 4 N–H and O–H groups in total. The topological polar surface area (TPSA) is 109 Å². The highest BCUT2D eigenvalue weighted by Gasteiger charge is 2.24. The average molecular weight is 427 g/mol. The van der Waals surface area contributed by atoms with Crippen molar-refractivity contribution >= 4 is 35.5 Å². The molecule has 0 aliphatic carbocycles. The van der Waals surface area contributed by atoms with Gasteiger partial charge in [0, 0.05) is 38.7 Å². The third-order valence-corrected chi connectivity index (χ3v) is 6.54. The van der Waals surface area contributed by atoms with Crippen molar-refractivity contribution in [2.75, 3.05) is 38.2 Å². The number of allylic oxidation sites excluding steroid dienone is 1. The zero-order chi connectivity index (χ0) is 19.9. The molecule has 2 aliphatic rings. The Bertz CT molecular complexity index is 757. The summed E-state index contributed by atoms with van der Waals surface area (Å²) in [6, 6.07) is 0.0212. The quantitative estimate of drug-likeness (QED) is 0.453. The van der Waals surface area contributed by atoms with Crippen molar-refractivity contribution in [2.45, 2.75) is 31.7 Å². The highest BCUT2D eigenvalue weighted by molar-refractivity contribution is 8.01. The molecule has 0 aromatic carbocycles. The van der Waals surface area contributed by atoms with E-state index in [4.69, 9.17) is 27.5 Å². The van der Waals surface area contributed by atoms with Crippen LogP contribution in [0.4, 0.5) is 5.69 Å². The van der Waals surface area contributed by atoms with E-state index in [0.717, 1.165) is 58.5 Å². The first-order valence-corrected chi connectivity index (χ1v) is 10.7. The zero-order valence-corrected chi connectivity index (χ0v) is 17.3. The van der Waals surface area contributed by atoms with Gasteiger partial charge in [-0.25, -0.2) is 8.99 Å². The van der Waals surface area contributed by atoms with E-state index in [1.807, 2.05) is 0 Å². The van der Waals surface area contributed by atoms with Crippen LogP contribution in [-0.2, 0) is 4.74 Å². The summed E-state index contributed by atoms with van der Waals surface area (Å²) >= 11 is 7.81. The van der Waals surface area contributed by atoms with Gasteiger partial charge in [-0.1, -0.05) is 11.6 Å². The van der Waals surface area contributed by atoms with Crippen molar-refractivity contribution in [1.29, 1.82) is 5.41 Å². The highest BCUT2D eigenvalue weighted by Crippen LogP contribution is 2.28. The maximum Gasteiger partial charge on any atom is 0.287 e. The molecule has 2 aliphatic heterocycles. The van der Waals surface area contributed by atoms with Crippen LogP contribution in [-0.4, -0.2) is 53.1 Å². The van der Waals surface area contributed by atoms with E-state index in [2.05, 4.69) is 14.7 Å². The van der Waals surface area contributed by atoms with Gasteiger partial charge in [0.15, 0.2) is 0 Å². The molecule has 2 saturated heterocycles. The van der Waals surface area contributed by atoms with Crippen LogP contribution in [0.15, 0.2) is 22.1 Å². The summed E-state index contributed by atoms with van der Waals surface area (Å²) in [6.45, 7) is 3.87. The first-order chi connectivity index (χ1) is 13.6. The standard InChI is InChI=1S/C18H27ClN6O2S/c19-17-16(22-10-13-2-1-7-27-12-13)11-23-25(18(17)26)14-3-5-24(6-4-14)28-15(8-20)9-21/h8-9,11,13-14,20,22H,1-7,10,12,21H2/b15-9+,20-8?. The molecule has 1 aromatic rings. The van der Waals surface area contributed by atoms with E-state index in [1.54, 1.807) is 6.20 Å². The van der Waals surface area contributed by atoms with Crippen LogP contribution in [0.5, 0.6) is 0 Å². The van der Waals surface area contributed by atoms with Crippen molar-refractivity contribution < 1.29 is 4.74 Å². The van der Waals surface area contributed by atoms with Crippen LogP contribution in [0.3, 0.4) is 0 Å². The van der Waals surface area contributed by atoms with Gasteiger partial charge in [-0.3, -0.25) is 4.79 Å². The largest absolute Gasteiger partial charge is 0.404 e. The molecule has 2 fully saturated rings. The molecule has 154 valence electrons. The second kappa shape index (κ2) is 10.3. The Balaban J connectivity index is 1.58. The zero-order valence-electron chi connectivity index (χ0n) is 15.8. The number of hydrogen-bond donors (Lipinski definition) is 3. The van der Waals surface area contributed by atoms with E-state index in [0.29, 0.717) is 16.5 Å². The molecular formula is C18H27ClN6O2S. The van der Waals surface area contributed by atoms with E-state index < -0.39 is 0 Å². The van der Waals surface area contributed by atoms with Crippen molar-refractivity contribution in [3.63, 3.8) is 0 Å². The summed E-state index contributed by atoms with van der Waals surface area (Å²) in [7, 11) is 0. The summed E-state index contributed by atoms with van der Waals surface area (Å²) in [5.41, 5.74) is 5.84. The molecule has 3 heterocycles. The number of nitrogens with one attached hydrogen (secondary N) is 2. The summed E-state index contributed by atoms with van der Waals surface area (Å²) < 4.78 is 9.14. The minimum atomic E-state index is -0.250. The monoisotopic (exact) mass is 426 g/mol. The summed E-state index contributed by atoms with van der Waals surface area (Å²) in [4.78, 5) is 13.4. The Labute approximate surface area is 174 Å². The molecule has 0 bridgehead atoms. The predicted molar refractivity (Wildman–Crippen MR) is 114 cm³/mol. The van der Waals surface area contributed by atoms with E-state index in [9.17, 15) is 4.79 Å². The molecule has 8 nitrogen and oxygen atoms in total. The van der Waals surface area contributed by atoms with Gasteiger partial charge >= 0.3 is 0 Å². The van der Waals surface area contributed by atoms with Crippen molar-refractivity contribution in [1.82, 2.24) is 14.1 Å². The van der Waals surface area contributed by atoms with Crippen molar-refractivity contribution in [3.05, 3.63) is 32.7 Å². The Kier molecular flexibility index (Phi) is 7.78. The Hall–Kier alpha value is -1.55. The normalized spacial score (nSPS) is 22.2. The Morgan fingerprint density at radius 1 is 1.46 bits per heavy atom. The van der Waals surface area contributed by atoms with Gasteiger partial charge < -0.3 is 21.2 Å². The molecule has 10 heteroatoms. The van der Waals surface area contributed by atoms with Gasteiger partial charge in [0.05, 0.1) is 29.4 Å². The Morgan fingerprint density at radius 3 is 2.89 bits per heavy atom. The molecule has 1 unspecified atom stereocenters. The number of ether oxygens (including phenoxy) is 1. The lowest BCUT2D eigenvalue weighted by molar-refractivity contribution is 0.0595. The minimum absolute atomic E-state index is 0.0212. The molecule has 0 spiro atoms. The van der Waals surface area contributed by atoms with Crippen LogP contribution < -0.4 is 16.6 Å². The lowest BCUT2D eigenvalue weighted by Gasteiger charge is -2.31. The van der Waals surface area contributed by atoms with Crippen LogP contribution in [0, 0.1) is 11.3 Å². The molecule has 0 amide bonds. The van der Waals surface area contributed by atoms with E-state index in [-0.39, 0.29) is 16.6 Å². The molecule has 1 atom stereocenters. The summed E-state index contributed by atoms with van der Waals surface area (Å²) in [5, 5.41) is 15.1. The van der Waals surface area contributed by atoms with Crippen LogP contribution in [0.2, 0.25) is 5.02 Å². The highest BCUT2D eigenvalue weighted by atomic mass is 35.5. The number of piperidine rings is 1. The molecule has 28 heavy (non-hydrogen) atoms. The third-order valence-electron chi connectivity index (χ3n) is 5.09. The van der Waals surface area contributed by atoms with E-state index in [1.165, 1.54) is 29.0 Å². The fourth-order valence-electron chi connectivity index (χ4n) is 3.48. The average Bonchev–Trinajstić information content (AvgIpc) is 2.74. The number of nitrogens with zero attached hydrogens (tertiary/aromatic N) is 3. The summed E-state index contributed by atoms with van der Waals surface area (Å²) in [6.07, 6.45) is 8.09. The number of rotatable bonds is 7. The molecule has 1 aromatic heterocycles. The van der Waals surface area contributed by atoms with Crippen molar-refractivity contribution in [3.8, 4) is 0 Å². The van der Waals surface area contributed by atoms with Gasteiger partial charge in [0.25, 0.3) is 5.56 Å². The van der Waals surface area contributed by atoms with Gasteiger partial charge in [-0.2, -0.15) is 5.10 Å². The maximum atomic E-state index is 12.7. The number of halogens is 1. The molecular weight excluding hydrogens is 400 g/mol. The lowest BCUT2D eigenvalue weighted by atomic mass is 10.0.